The van der Waals surface area contributed by atoms with Crippen LogP contribution in [-0.2, 0) is 0 Å². The van der Waals surface area contributed by atoms with E-state index in [-0.39, 0.29) is 5.82 Å². The standard InChI is InChI=1S/C20H26FN5.C7H12/c1-26-10-4-5-14(13-26)20-24-18(22-16-7-3-8-16)12-19(25-20)23-17-9-2-6-15(21)11-17;1-2-4-7-5-3-6-7/h2,6,9,11-12,14,16H,3-5,7-8,10,13H2,1H3,(H2,22,23,24,25);4H,2-3,5-6H2,1H3. The van der Waals surface area contributed by atoms with Crippen LogP contribution in [0.2, 0.25) is 0 Å². The van der Waals surface area contributed by atoms with Gasteiger partial charge in [0.15, 0.2) is 0 Å². The zero-order valence-corrected chi connectivity index (χ0v) is 20.1. The molecule has 0 radical (unpaired) electrons. The number of likely N-dealkylation sites (N-methyl/N-ethyl adjacent to an activating group) is 1. The zero-order chi connectivity index (χ0) is 23.0. The molecular formula is C27H38FN5. The maximum atomic E-state index is 13.5. The van der Waals surface area contributed by atoms with Gasteiger partial charge in [-0.25, -0.2) is 14.4 Å². The van der Waals surface area contributed by atoms with Gasteiger partial charge in [-0.3, -0.25) is 0 Å². The summed E-state index contributed by atoms with van der Waals surface area (Å²) in [7, 11) is 2.15. The Morgan fingerprint density at radius 1 is 1.06 bits per heavy atom. The lowest BCUT2D eigenvalue weighted by Gasteiger charge is -2.30. The maximum Gasteiger partial charge on any atom is 0.137 e. The van der Waals surface area contributed by atoms with E-state index in [4.69, 9.17) is 9.97 Å². The van der Waals surface area contributed by atoms with E-state index in [9.17, 15) is 4.39 Å². The SMILES string of the molecule is CCC=C1CCC1.CN1CCCC(c2nc(Nc3cccc(F)c3)cc(NC3CCC3)n2)C1. The second-order valence-corrected chi connectivity index (χ2v) is 9.63. The van der Waals surface area contributed by atoms with Crippen LogP contribution in [0, 0.1) is 5.82 Å². The maximum absolute atomic E-state index is 13.5. The molecule has 33 heavy (non-hydrogen) atoms. The third kappa shape index (κ3) is 7.00. The molecule has 178 valence electrons. The number of halogens is 1. The number of anilines is 3. The molecule has 2 aromatic rings. The Hall–Kier alpha value is -2.47. The Morgan fingerprint density at radius 2 is 1.88 bits per heavy atom. The highest BCUT2D eigenvalue weighted by atomic mass is 19.1. The molecule has 1 atom stereocenters. The summed E-state index contributed by atoms with van der Waals surface area (Å²) in [6, 6.07) is 8.91. The topological polar surface area (TPSA) is 53.1 Å². The van der Waals surface area contributed by atoms with Gasteiger partial charge in [-0.2, -0.15) is 0 Å². The first-order valence-electron chi connectivity index (χ1n) is 12.6. The number of hydrogen-bond acceptors (Lipinski definition) is 5. The molecule has 0 bridgehead atoms. The number of aromatic nitrogens is 2. The van der Waals surface area contributed by atoms with Gasteiger partial charge in [0.2, 0.25) is 0 Å². The molecule has 1 aliphatic heterocycles. The first kappa shape index (κ1) is 23.7. The summed E-state index contributed by atoms with van der Waals surface area (Å²) >= 11 is 0. The van der Waals surface area contributed by atoms with Crippen molar-refractivity contribution in [2.24, 2.45) is 0 Å². The number of piperidine rings is 1. The van der Waals surface area contributed by atoms with E-state index in [1.165, 1.54) is 57.1 Å². The summed E-state index contributed by atoms with van der Waals surface area (Å²) in [4.78, 5) is 11.9. The molecule has 2 heterocycles. The van der Waals surface area contributed by atoms with E-state index in [1.807, 2.05) is 12.1 Å². The molecule has 1 saturated heterocycles. The number of allylic oxidation sites excluding steroid dienone is 2. The van der Waals surface area contributed by atoms with Gasteiger partial charge < -0.3 is 15.5 Å². The number of rotatable bonds is 6. The molecule has 5 nitrogen and oxygen atoms in total. The first-order chi connectivity index (χ1) is 16.1. The van der Waals surface area contributed by atoms with Crippen LogP contribution in [0.25, 0.3) is 0 Å². The number of nitrogens with one attached hydrogen (secondary N) is 2. The van der Waals surface area contributed by atoms with Crippen LogP contribution in [0.1, 0.15) is 76.5 Å². The van der Waals surface area contributed by atoms with Crippen molar-refractivity contribution in [1.29, 1.82) is 0 Å². The molecule has 6 heteroatoms. The molecule has 0 amide bonds. The molecule has 2 N–H and O–H groups in total. The van der Waals surface area contributed by atoms with Gasteiger partial charge in [0.05, 0.1) is 0 Å². The summed E-state index contributed by atoms with van der Waals surface area (Å²) < 4.78 is 13.5. The summed E-state index contributed by atoms with van der Waals surface area (Å²) in [6.45, 7) is 4.31. The zero-order valence-electron chi connectivity index (χ0n) is 20.1. The average molecular weight is 452 g/mol. The van der Waals surface area contributed by atoms with Crippen molar-refractivity contribution in [1.82, 2.24) is 14.9 Å². The van der Waals surface area contributed by atoms with Gasteiger partial charge in [-0.1, -0.05) is 24.6 Å². The third-order valence-electron chi connectivity index (χ3n) is 6.78. The van der Waals surface area contributed by atoms with E-state index in [2.05, 4.69) is 35.6 Å². The highest BCUT2D eigenvalue weighted by Gasteiger charge is 2.24. The fraction of sp³-hybridized carbons (Fsp3) is 0.556. The third-order valence-corrected chi connectivity index (χ3v) is 6.78. The quantitative estimate of drug-likeness (QED) is 0.482. The van der Waals surface area contributed by atoms with Crippen LogP contribution in [0.5, 0.6) is 0 Å². The Kier molecular flexibility index (Phi) is 8.32. The van der Waals surface area contributed by atoms with Crippen LogP contribution >= 0.6 is 0 Å². The van der Waals surface area contributed by atoms with Crippen LogP contribution in [-0.4, -0.2) is 41.0 Å². The summed E-state index contributed by atoms with van der Waals surface area (Å²) in [5, 5.41) is 6.77. The smallest absolute Gasteiger partial charge is 0.137 e. The predicted molar refractivity (Wildman–Crippen MR) is 135 cm³/mol. The van der Waals surface area contributed by atoms with Crippen molar-refractivity contribution >= 4 is 17.3 Å². The van der Waals surface area contributed by atoms with Crippen molar-refractivity contribution in [2.45, 2.75) is 76.7 Å². The minimum absolute atomic E-state index is 0.258. The number of likely N-dealkylation sites (tertiary alicyclic amines) is 1. The minimum atomic E-state index is -0.258. The fourth-order valence-electron chi connectivity index (χ4n) is 4.51. The molecular weight excluding hydrogens is 413 g/mol. The van der Waals surface area contributed by atoms with Gasteiger partial charge in [-0.05, 0) is 89.6 Å². The van der Waals surface area contributed by atoms with Crippen molar-refractivity contribution in [3.05, 3.63) is 53.6 Å². The highest BCUT2D eigenvalue weighted by molar-refractivity contribution is 5.59. The fourth-order valence-corrected chi connectivity index (χ4v) is 4.51. The van der Waals surface area contributed by atoms with E-state index in [0.717, 1.165) is 43.4 Å². The number of benzene rings is 1. The lowest BCUT2D eigenvalue weighted by molar-refractivity contribution is 0.246. The Balaban J connectivity index is 0.000000318. The van der Waals surface area contributed by atoms with E-state index >= 15 is 0 Å². The van der Waals surface area contributed by atoms with Gasteiger partial charge in [0.1, 0.15) is 23.3 Å². The minimum Gasteiger partial charge on any atom is -0.367 e. The summed E-state index contributed by atoms with van der Waals surface area (Å²) in [5.74, 6) is 2.54. The monoisotopic (exact) mass is 451 g/mol. The van der Waals surface area contributed by atoms with Crippen molar-refractivity contribution in [3.8, 4) is 0 Å². The molecule has 1 aromatic heterocycles. The Bertz CT molecular complexity index is 934. The van der Waals surface area contributed by atoms with Crippen molar-refractivity contribution in [2.75, 3.05) is 30.8 Å². The summed E-state index contributed by atoms with van der Waals surface area (Å²) in [5.41, 5.74) is 2.38. The van der Waals surface area contributed by atoms with Crippen molar-refractivity contribution in [3.63, 3.8) is 0 Å². The predicted octanol–water partition coefficient (Wildman–Crippen LogP) is 6.64. The molecule has 2 saturated carbocycles. The number of nitrogens with zero attached hydrogens (tertiary/aromatic N) is 3. The molecule has 0 spiro atoms. The molecule has 2 aliphatic carbocycles. The molecule has 3 aliphatic rings. The van der Waals surface area contributed by atoms with Crippen LogP contribution in [0.15, 0.2) is 42.0 Å². The molecule has 1 unspecified atom stereocenters. The molecule has 1 aromatic carbocycles. The second kappa shape index (κ2) is 11.6. The largest absolute Gasteiger partial charge is 0.367 e. The van der Waals surface area contributed by atoms with Gasteiger partial charge in [0, 0.05) is 30.3 Å². The van der Waals surface area contributed by atoms with Gasteiger partial charge in [0.25, 0.3) is 0 Å². The second-order valence-electron chi connectivity index (χ2n) is 9.63. The lowest BCUT2D eigenvalue weighted by Crippen LogP contribution is -2.32. The molecule has 5 rings (SSSR count). The van der Waals surface area contributed by atoms with Crippen molar-refractivity contribution < 1.29 is 4.39 Å². The van der Waals surface area contributed by atoms with E-state index < -0.39 is 0 Å². The normalized spacial score (nSPS) is 20.7. The number of hydrogen-bond donors (Lipinski definition) is 2. The van der Waals surface area contributed by atoms with Gasteiger partial charge in [-0.15, -0.1) is 0 Å². The highest BCUT2D eigenvalue weighted by Crippen LogP contribution is 2.29. The average Bonchev–Trinajstić information content (AvgIpc) is 2.74. The van der Waals surface area contributed by atoms with Crippen LogP contribution in [0.4, 0.5) is 21.7 Å². The lowest BCUT2D eigenvalue weighted by atomic mass is 9.92. The molecule has 3 fully saturated rings. The Morgan fingerprint density at radius 3 is 2.48 bits per heavy atom. The van der Waals surface area contributed by atoms with E-state index in [1.54, 1.807) is 11.6 Å². The van der Waals surface area contributed by atoms with Crippen LogP contribution in [0.3, 0.4) is 0 Å². The first-order valence-corrected chi connectivity index (χ1v) is 12.6. The van der Waals surface area contributed by atoms with E-state index in [0.29, 0.717) is 17.6 Å². The Labute approximate surface area is 197 Å². The van der Waals surface area contributed by atoms with Crippen LogP contribution < -0.4 is 10.6 Å². The summed E-state index contributed by atoms with van der Waals surface area (Å²) in [6.07, 6.45) is 13.7. The van der Waals surface area contributed by atoms with Gasteiger partial charge >= 0.3 is 0 Å².